The molecule has 1 aromatic carbocycles. The molecule has 0 bridgehead atoms. The van der Waals surface area contributed by atoms with E-state index >= 15 is 0 Å². The number of hydrogen-bond acceptors (Lipinski definition) is 5. The lowest BCUT2D eigenvalue weighted by Crippen LogP contribution is -2.44. The molecule has 7 nitrogen and oxygen atoms in total. The van der Waals surface area contributed by atoms with Gasteiger partial charge >= 0.3 is 5.97 Å². The van der Waals surface area contributed by atoms with Gasteiger partial charge in [0.1, 0.15) is 5.69 Å². The Hall–Kier alpha value is -2.45. The molecule has 1 aliphatic carbocycles. The number of carbonyl (C=O) groups is 2. The van der Waals surface area contributed by atoms with E-state index in [-0.39, 0.29) is 28.9 Å². The van der Waals surface area contributed by atoms with Crippen molar-refractivity contribution in [3.63, 3.8) is 0 Å². The van der Waals surface area contributed by atoms with E-state index in [1.54, 1.807) is 45.9 Å². The molecule has 1 fully saturated rings. The number of ether oxygens (including phenoxy) is 1. The van der Waals surface area contributed by atoms with Crippen molar-refractivity contribution in [3.8, 4) is 0 Å². The van der Waals surface area contributed by atoms with Gasteiger partial charge in [-0.3, -0.25) is 4.79 Å². The van der Waals surface area contributed by atoms with Gasteiger partial charge in [0, 0.05) is 17.8 Å². The van der Waals surface area contributed by atoms with E-state index in [1.165, 1.54) is 16.4 Å². The Morgan fingerprint density at radius 2 is 1.83 bits per heavy atom. The van der Waals surface area contributed by atoms with E-state index in [0.29, 0.717) is 23.4 Å². The monoisotopic (exact) mass is 432 g/mol. The average molecular weight is 433 g/mol. The molecule has 0 spiro atoms. The van der Waals surface area contributed by atoms with Gasteiger partial charge in [-0.15, -0.1) is 0 Å². The zero-order valence-electron chi connectivity index (χ0n) is 17.8. The van der Waals surface area contributed by atoms with Crippen LogP contribution in [-0.2, 0) is 14.8 Å². The highest BCUT2D eigenvalue weighted by Crippen LogP contribution is 2.33. The lowest BCUT2D eigenvalue weighted by atomic mass is 10.0. The molecule has 0 saturated heterocycles. The van der Waals surface area contributed by atoms with Gasteiger partial charge in [-0.2, -0.15) is 4.31 Å². The second-order valence-electron chi connectivity index (χ2n) is 7.72. The number of sulfonamides is 1. The molecule has 1 aromatic heterocycles. The summed E-state index contributed by atoms with van der Waals surface area (Å²) in [7, 11) is -3.84. The summed E-state index contributed by atoms with van der Waals surface area (Å²) in [6.45, 7) is 7.22. The molecular weight excluding hydrogens is 404 g/mol. The highest BCUT2D eigenvalue weighted by atomic mass is 32.2. The van der Waals surface area contributed by atoms with Crippen LogP contribution in [0.25, 0.3) is 0 Å². The van der Waals surface area contributed by atoms with Crippen molar-refractivity contribution in [2.24, 2.45) is 5.92 Å². The zero-order valence-corrected chi connectivity index (χ0v) is 18.6. The number of ketones is 1. The fourth-order valence-corrected chi connectivity index (χ4v) is 5.30. The summed E-state index contributed by atoms with van der Waals surface area (Å²) in [5, 5.41) is 0. The molecule has 0 aliphatic heterocycles. The number of esters is 1. The van der Waals surface area contributed by atoms with Crippen molar-refractivity contribution < 1.29 is 22.7 Å². The smallest absolute Gasteiger partial charge is 0.355 e. The molecule has 0 amide bonds. The van der Waals surface area contributed by atoms with Gasteiger partial charge in [0.15, 0.2) is 5.78 Å². The first kappa shape index (κ1) is 22.2. The van der Waals surface area contributed by atoms with Crippen LogP contribution in [0.1, 0.15) is 58.8 Å². The number of H-pyrrole nitrogens is 1. The van der Waals surface area contributed by atoms with Crippen molar-refractivity contribution in [3.05, 3.63) is 52.8 Å². The van der Waals surface area contributed by atoms with Crippen LogP contribution in [0.2, 0.25) is 0 Å². The Morgan fingerprint density at radius 3 is 2.40 bits per heavy atom. The predicted octanol–water partition coefficient (Wildman–Crippen LogP) is 3.48. The first-order valence-electron chi connectivity index (χ1n) is 10.2. The number of Topliss-reactive ketones (excluding diaryl/α,β-unsaturated/α-hetero) is 1. The predicted molar refractivity (Wildman–Crippen MR) is 113 cm³/mol. The van der Waals surface area contributed by atoms with E-state index in [2.05, 4.69) is 4.98 Å². The number of aromatic nitrogens is 1. The number of benzene rings is 1. The minimum Gasteiger partial charge on any atom is -0.461 e. The van der Waals surface area contributed by atoms with E-state index < -0.39 is 22.0 Å². The number of aromatic amines is 1. The summed E-state index contributed by atoms with van der Waals surface area (Å²) in [5.74, 6) is -0.601. The van der Waals surface area contributed by atoms with Crippen LogP contribution < -0.4 is 0 Å². The number of carbonyl (C=O) groups excluding carboxylic acids is 2. The molecule has 162 valence electrons. The molecule has 1 aliphatic rings. The third-order valence-electron chi connectivity index (χ3n) is 5.46. The second-order valence-corrected chi connectivity index (χ2v) is 9.61. The first-order chi connectivity index (χ1) is 14.2. The second kappa shape index (κ2) is 8.73. The van der Waals surface area contributed by atoms with Crippen molar-refractivity contribution >= 4 is 21.8 Å². The van der Waals surface area contributed by atoms with Crippen molar-refractivity contribution in [2.75, 3.05) is 13.2 Å². The van der Waals surface area contributed by atoms with Gasteiger partial charge in [0.2, 0.25) is 10.0 Å². The average Bonchev–Trinajstić information content (AvgIpc) is 3.49. The number of rotatable bonds is 9. The standard InChI is InChI=1S/C22H28N2O5S/c1-5-29-22(26)20-14(2)19(15(3)23-20)21(25)16(4)24(13-17-11-12-17)30(27,28)18-9-7-6-8-10-18/h6-10,16-17,23H,5,11-13H2,1-4H3/t16-/m0/s1. The Kier molecular flexibility index (Phi) is 6.47. The lowest BCUT2D eigenvalue weighted by molar-refractivity contribution is 0.0519. The fourth-order valence-electron chi connectivity index (χ4n) is 3.61. The van der Waals surface area contributed by atoms with E-state index in [4.69, 9.17) is 4.74 Å². The lowest BCUT2D eigenvalue weighted by Gasteiger charge is -2.28. The quantitative estimate of drug-likeness (QED) is 0.483. The molecule has 0 radical (unpaired) electrons. The molecule has 8 heteroatoms. The minimum absolute atomic E-state index is 0.167. The molecule has 0 unspecified atom stereocenters. The number of hydrogen-bond donors (Lipinski definition) is 1. The third kappa shape index (κ3) is 4.34. The highest BCUT2D eigenvalue weighted by Gasteiger charge is 2.39. The number of nitrogens with one attached hydrogen (secondary N) is 1. The van der Waals surface area contributed by atoms with Gasteiger partial charge in [-0.25, -0.2) is 13.2 Å². The summed E-state index contributed by atoms with van der Waals surface area (Å²) < 4.78 is 33.0. The van der Waals surface area contributed by atoms with Gasteiger partial charge < -0.3 is 9.72 Å². The van der Waals surface area contributed by atoms with Gasteiger partial charge in [0.25, 0.3) is 0 Å². The summed E-state index contributed by atoms with van der Waals surface area (Å²) in [6.07, 6.45) is 1.91. The van der Waals surface area contributed by atoms with E-state index in [9.17, 15) is 18.0 Å². The Labute approximate surface area is 177 Å². The molecule has 1 atom stereocenters. The maximum absolute atomic E-state index is 13.4. The van der Waals surface area contributed by atoms with Crippen LogP contribution in [0.15, 0.2) is 35.2 Å². The molecule has 1 N–H and O–H groups in total. The van der Waals surface area contributed by atoms with Gasteiger partial charge in [-0.05, 0) is 64.2 Å². The van der Waals surface area contributed by atoms with Crippen LogP contribution in [0.3, 0.4) is 0 Å². The van der Waals surface area contributed by atoms with Gasteiger partial charge in [0.05, 0.1) is 17.5 Å². The molecule has 3 rings (SSSR count). The van der Waals surface area contributed by atoms with Crippen LogP contribution in [-0.4, -0.2) is 48.7 Å². The minimum atomic E-state index is -3.84. The van der Waals surface area contributed by atoms with E-state index in [0.717, 1.165) is 12.8 Å². The van der Waals surface area contributed by atoms with Crippen LogP contribution >= 0.6 is 0 Å². The van der Waals surface area contributed by atoms with E-state index in [1.807, 2.05) is 0 Å². The summed E-state index contributed by atoms with van der Waals surface area (Å²) in [5.41, 5.74) is 1.57. The molecular formula is C22H28N2O5S. The summed E-state index contributed by atoms with van der Waals surface area (Å²) in [4.78, 5) is 28.7. The Balaban J connectivity index is 1.97. The normalized spacial score (nSPS) is 15.2. The third-order valence-corrected chi connectivity index (χ3v) is 7.41. The Morgan fingerprint density at radius 1 is 1.20 bits per heavy atom. The summed E-state index contributed by atoms with van der Waals surface area (Å²) >= 11 is 0. The maximum Gasteiger partial charge on any atom is 0.355 e. The Bertz CT molecular complexity index is 1040. The first-order valence-corrected chi connectivity index (χ1v) is 11.6. The molecule has 30 heavy (non-hydrogen) atoms. The SMILES string of the molecule is CCOC(=O)c1[nH]c(C)c(C(=O)[C@H](C)N(CC2CC2)S(=O)(=O)c2ccccc2)c1C. The number of nitrogens with zero attached hydrogens (tertiary/aromatic N) is 1. The van der Waals surface area contributed by atoms with Crippen molar-refractivity contribution in [1.29, 1.82) is 0 Å². The fraction of sp³-hybridized carbons (Fsp3) is 0.455. The summed E-state index contributed by atoms with van der Waals surface area (Å²) in [6, 6.07) is 7.26. The van der Waals surface area contributed by atoms with Crippen molar-refractivity contribution in [1.82, 2.24) is 9.29 Å². The van der Waals surface area contributed by atoms with Crippen LogP contribution in [0, 0.1) is 19.8 Å². The molecule has 2 aromatic rings. The molecule has 1 heterocycles. The van der Waals surface area contributed by atoms with Crippen LogP contribution in [0.4, 0.5) is 0 Å². The van der Waals surface area contributed by atoms with Gasteiger partial charge in [-0.1, -0.05) is 18.2 Å². The highest BCUT2D eigenvalue weighted by molar-refractivity contribution is 7.89. The largest absolute Gasteiger partial charge is 0.461 e. The zero-order chi connectivity index (χ0) is 22.1. The maximum atomic E-state index is 13.4. The topological polar surface area (TPSA) is 96.5 Å². The van der Waals surface area contributed by atoms with Crippen LogP contribution in [0.5, 0.6) is 0 Å². The molecule has 1 saturated carbocycles. The number of aryl methyl sites for hydroxylation is 1. The van der Waals surface area contributed by atoms with Crippen molar-refractivity contribution in [2.45, 2.75) is 51.5 Å².